The first-order chi connectivity index (χ1) is 2.00. The van der Waals surface area contributed by atoms with E-state index < -0.39 is 9.05 Å². The Morgan fingerprint density at radius 3 is 0.857 bits per heavy atom. The summed E-state index contributed by atoms with van der Waals surface area (Å²) in [6.07, 6.45) is 0. The first-order valence-corrected chi connectivity index (χ1v) is 2.68. The zero-order chi connectivity index (χ0) is 4.50. The molecule has 43 valence electrons. The molecule has 0 aliphatic heterocycles. The van der Waals surface area contributed by atoms with Crippen LogP contribution >= 0.6 is 0 Å². The van der Waals surface area contributed by atoms with Crippen molar-refractivity contribution in [2.45, 2.75) is 0 Å². The normalized spacial score (nSPS) is 8.57. The summed E-state index contributed by atoms with van der Waals surface area (Å²) in [5, 5.41) is 0. The van der Waals surface area contributed by atoms with Gasteiger partial charge in [-0.2, -0.15) is 0 Å². The van der Waals surface area contributed by atoms with Crippen LogP contribution in [0.5, 0.6) is 0 Å². The van der Waals surface area contributed by atoms with E-state index in [-0.39, 0.29) is 40.1 Å². The van der Waals surface area contributed by atoms with Crippen LogP contribution in [0.25, 0.3) is 0 Å². The van der Waals surface area contributed by atoms with E-state index in [9.17, 15) is 0 Å². The van der Waals surface area contributed by atoms with E-state index in [2.05, 4.69) is 0 Å². The van der Waals surface area contributed by atoms with E-state index in [0.717, 1.165) is 0 Å². The molecule has 0 aromatic carbocycles. The molecular weight excluding hydrogens is 171 g/mol. The van der Waals surface area contributed by atoms with Gasteiger partial charge in [-0.3, -0.25) is 0 Å². The summed E-state index contributed by atoms with van der Waals surface area (Å²) in [4.78, 5) is 29.3. The van der Waals surface area contributed by atoms with Crippen LogP contribution in [0.15, 0.2) is 0 Å². The van der Waals surface area contributed by atoms with Crippen molar-refractivity contribution in [2.24, 2.45) is 0 Å². The van der Waals surface area contributed by atoms with Crippen LogP contribution in [-0.4, -0.2) is 51.3 Å². The quantitative estimate of drug-likeness (QED) is 0.289. The fourth-order valence-corrected chi connectivity index (χ4v) is 0. The zero-order valence-electron chi connectivity index (χ0n) is 2.67. The molecule has 0 rings (SSSR count). The largest absolute Gasteiger partial charge is 0.668 e. The maximum atomic E-state index is 7.33. The second kappa shape index (κ2) is 5.48. The molecule has 0 atom stereocenters. The molecule has 0 saturated heterocycles. The van der Waals surface area contributed by atoms with E-state index in [4.69, 9.17) is 19.2 Å². The first-order valence-electron chi connectivity index (χ1n) is 0.894. The van der Waals surface area contributed by atoms with Gasteiger partial charge in [0.05, 0.1) is 0 Å². The Morgan fingerprint density at radius 1 is 0.857 bits per heavy atom. The van der Waals surface area contributed by atoms with Gasteiger partial charge in [0.25, 0.3) is 0 Å². The van der Waals surface area contributed by atoms with Crippen molar-refractivity contribution < 1.29 is 36.3 Å². The average molecular weight is 177 g/mol. The molecule has 0 heterocycles. The molecular formula is H6MgMnO4Si. The van der Waals surface area contributed by atoms with Crippen LogP contribution in [0.4, 0.5) is 0 Å². The maximum absolute atomic E-state index is 7.33. The van der Waals surface area contributed by atoms with Crippen molar-refractivity contribution >= 4 is 32.1 Å². The molecule has 4 nitrogen and oxygen atoms in total. The van der Waals surface area contributed by atoms with Gasteiger partial charge in [-0.25, -0.2) is 0 Å². The van der Waals surface area contributed by atoms with Gasteiger partial charge in [0.15, 0.2) is 0 Å². The second-order valence-electron chi connectivity index (χ2n) is 0.600. The topological polar surface area (TPSA) is 80.9 Å². The van der Waals surface area contributed by atoms with Gasteiger partial charge >= 0.3 is 32.1 Å². The number of hydrogen-bond donors (Lipinski definition) is 4. The predicted molar refractivity (Wildman–Crippen MR) is 23.2 cm³/mol. The Labute approximate surface area is 68.3 Å². The fraction of sp³-hybridized carbons (Fsp3) is 0. The monoisotopic (exact) mass is 177 g/mol. The van der Waals surface area contributed by atoms with E-state index in [0.29, 0.717) is 0 Å². The molecule has 7 heavy (non-hydrogen) atoms. The third kappa shape index (κ3) is 116. The van der Waals surface area contributed by atoms with Crippen molar-refractivity contribution in [3.8, 4) is 0 Å². The SMILES string of the molecule is O[Si](O)(O)O.[MgH2].[Mn]. The van der Waals surface area contributed by atoms with Gasteiger partial charge < -0.3 is 19.2 Å². The third-order valence-corrected chi connectivity index (χ3v) is 0. The van der Waals surface area contributed by atoms with Gasteiger partial charge in [0.2, 0.25) is 0 Å². The fourth-order valence-electron chi connectivity index (χ4n) is 0. The van der Waals surface area contributed by atoms with Gasteiger partial charge in [0.1, 0.15) is 0 Å². The standard InChI is InChI=1S/Mg.Mn.H4O4Si.2H/c;;1-5(2,3)4;;/h;;1-4H;;. The predicted octanol–water partition coefficient (Wildman–Crippen LogP) is -3.53. The maximum Gasteiger partial charge on any atom is 0.668 e. The molecule has 4 N–H and O–H groups in total. The summed E-state index contributed by atoms with van der Waals surface area (Å²) >= 11 is 0. The van der Waals surface area contributed by atoms with Gasteiger partial charge in [-0.05, 0) is 0 Å². The van der Waals surface area contributed by atoms with E-state index in [1.165, 1.54) is 0 Å². The molecule has 0 saturated carbocycles. The Morgan fingerprint density at radius 2 is 0.857 bits per heavy atom. The third-order valence-electron chi connectivity index (χ3n) is 0. The summed E-state index contributed by atoms with van der Waals surface area (Å²) < 4.78 is 0. The summed E-state index contributed by atoms with van der Waals surface area (Å²) in [7, 11) is -4.61. The van der Waals surface area contributed by atoms with E-state index >= 15 is 0 Å². The van der Waals surface area contributed by atoms with Crippen molar-refractivity contribution in [1.29, 1.82) is 0 Å². The molecule has 0 aromatic heterocycles. The Hall–Kier alpha value is 1.34. The molecule has 0 unspecified atom stereocenters. The van der Waals surface area contributed by atoms with Crippen LogP contribution in [-0.2, 0) is 17.1 Å². The van der Waals surface area contributed by atoms with Crippen molar-refractivity contribution in [3.05, 3.63) is 0 Å². The van der Waals surface area contributed by atoms with Crippen LogP contribution in [0.2, 0.25) is 0 Å². The van der Waals surface area contributed by atoms with Crippen LogP contribution < -0.4 is 0 Å². The first kappa shape index (κ1) is 15.8. The minimum Gasteiger partial charge on any atom is -0.368 e. The van der Waals surface area contributed by atoms with Crippen LogP contribution in [0.1, 0.15) is 0 Å². The van der Waals surface area contributed by atoms with Crippen LogP contribution in [0.3, 0.4) is 0 Å². The molecule has 7 heteroatoms. The zero-order valence-corrected chi connectivity index (χ0v) is 4.85. The minimum absolute atomic E-state index is 0. The summed E-state index contributed by atoms with van der Waals surface area (Å²) in [6, 6.07) is 0. The molecule has 0 bridgehead atoms. The summed E-state index contributed by atoms with van der Waals surface area (Å²) in [5.74, 6) is 0. The van der Waals surface area contributed by atoms with E-state index in [1.54, 1.807) is 0 Å². The van der Waals surface area contributed by atoms with Crippen molar-refractivity contribution in [2.75, 3.05) is 0 Å². The van der Waals surface area contributed by atoms with Gasteiger partial charge in [-0.1, -0.05) is 0 Å². The molecule has 0 fully saturated rings. The van der Waals surface area contributed by atoms with E-state index in [1.807, 2.05) is 0 Å². The molecule has 0 aromatic rings. The van der Waals surface area contributed by atoms with Crippen LogP contribution in [0, 0.1) is 0 Å². The molecule has 0 amide bonds. The second-order valence-corrected chi connectivity index (χ2v) is 1.80. The summed E-state index contributed by atoms with van der Waals surface area (Å²) in [5.41, 5.74) is 0. The molecule has 1 radical (unpaired) electrons. The molecule has 0 spiro atoms. The van der Waals surface area contributed by atoms with Crippen molar-refractivity contribution in [3.63, 3.8) is 0 Å². The Balaban J connectivity index is -0.0000000800. The minimum atomic E-state index is -4.61. The molecule has 0 aliphatic rings. The Bertz CT molecular complexity index is 27.2. The summed E-state index contributed by atoms with van der Waals surface area (Å²) in [6.45, 7) is 0. The average Bonchev–Trinajstić information content (AvgIpc) is 0.722. The smallest absolute Gasteiger partial charge is 0.368 e. The van der Waals surface area contributed by atoms with Gasteiger partial charge in [0, 0.05) is 17.1 Å². The van der Waals surface area contributed by atoms with Gasteiger partial charge in [-0.15, -0.1) is 0 Å². The molecule has 0 aliphatic carbocycles. The van der Waals surface area contributed by atoms with Crippen molar-refractivity contribution in [1.82, 2.24) is 0 Å². The number of hydrogen-bond acceptors (Lipinski definition) is 4. The number of rotatable bonds is 0. The Kier molecular flexibility index (Phi) is 12.3.